The number of nitrogens with zero attached hydrogens (tertiary/aromatic N) is 2. The minimum absolute atomic E-state index is 0.462. The lowest BCUT2D eigenvalue weighted by Gasteiger charge is -2.33. The van der Waals surface area contributed by atoms with Gasteiger partial charge in [0, 0.05) is 31.1 Å². The molecular formula is C25H32N4O2. The van der Waals surface area contributed by atoms with Crippen molar-refractivity contribution in [3.05, 3.63) is 54.2 Å². The van der Waals surface area contributed by atoms with Crippen molar-refractivity contribution in [3.63, 3.8) is 0 Å². The molecule has 1 aromatic heterocycles. The number of hydrogen-bond donors (Lipinski definition) is 2. The first-order chi connectivity index (χ1) is 15.2. The van der Waals surface area contributed by atoms with E-state index >= 15 is 0 Å². The molecular weight excluding hydrogens is 388 g/mol. The summed E-state index contributed by atoms with van der Waals surface area (Å²) in [5, 5.41) is 4.84. The predicted octanol–water partition coefficient (Wildman–Crippen LogP) is 4.69. The van der Waals surface area contributed by atoms with E-state index in [9.17, 15) is 0 Å². The molecule has 0 radical (unpaired) electrons. The van der Waals surface area contributed by atoms with Gasteiger partial charge in [0.1, 0.15) is 17.2 Å². The van der Waals surface area contributed by atoms with Gasteiger partial charge >= 0.3 is 0 Å². The molecule has 2 aromatic carbocycles. The van der Waals surface area contributed by atoms with Crippen molar-refractivity contribution < 1.29 is 9.47 Å². The summed E-state index contributed by atoms with van der Waals surface area (Å²) < 4.78 is 11.5. The number of ether oxygens (including phenoxy) is 2. The van der Waals surface area contributed by atoms with Crippen molar-refractivity contribution in [2.45, 2.75) is 39.3 Å². The Balaban J connectivity index is 1.36. The number of fused-ring (bicyclic) bond motifs is 1. The molecule has 1 saturated heterocycles. The molecule has 1 aliphatic heterocycles. The number of anilines is 2. The third-order valence-electron chi connectivity index (χ3n) is 5.72. The van der Waals surface area contributed by atoms with Crippen molar-refractivity contribution in [2.75, 3.05) is 37.4 Å². The van der Waals surface area contributed by atoms with E-state index in [1.807, 2.05) is 44.3 Å². The van der Waals surface area contributed by atoms with E-state index in [1.54, 1.807) is 0 Å². The van der Waals surface area contributed by atoms with Gasteiger partial charge < -0.3 is 20.5 Å². The molecule has 164 valence electrons. The second-order valence-corrected chi connectivity index (χ2v) is 7.98. The Morgan fingerprint density at radius 1 is 1.03 bits per heavy atom. The number of hydrogen-bond acceptors (Lipinski definition) is 6. The van der Waals surface area contributed by atoms with Gasteiger partial charge in [-0.3, -0.25) is 9.88 Å². The molecule has 0 atom stereocenters. The summed E-state index contributed by atoms with van der Waals surface area (Å²) in [6.45, 7) is 8.04. The highest BCUT2D eigenvalue weighted by atomic mass is 16.5. The molecule has 3 aromatic rings. The van der Waals surface area contributed by atoms with Crippen LogP contribution in [0.25, 0.3) is 10.9 Å². The topological polar surface area (TPSA) is 72.6 Å². The maximum atomic E-state index is 6.21. The molecule has 6 heteroatoms. The van der Waals surface area contributed by atoms with Gasteiger partial charge in [0.25, 0.3) is 0 Å². The van der Waals surface area contributed by atoms with Crippen LogP contribution in [0.2, 0.25) is 0 Å². The fourth-order valence-corrected chi connectivity index (χ4v) is 4.18. The second kappa shape index (κ2) is 9.88. The van der Waals surface area contributed by atoms with E-state index in [0.717, 1.165) is 43.7 Å². The van der Waals surface area contributed by atoms with Crippen molar-refractivity contribution >= 4 is 22.3 Å². The Bertz CT molecular complexity index is 988. The van der Waals surface area contributed by atoms with Crippen LogP contribution in [-0.2, 0) is 6.54 Å². The Hall–Kier alpha value is -2.99. The van der Waals surface area contributed by atoms with E-state index in [1.165, 1.54) is 10.9 Å². The maximum absolute atomic E-state index is 6.21. The third-order valence-corrected chi connectivity index (χ3v) is 5.72. The van der Waals surface area contributed by atoms with Crippen LogP contribution in [0.15, 0.2) is 48.7 Å². The van der Waals surface area contributed by atoms with Crippen LogP contribution in [0.4, 0.5) is 11.4 Å². The molecule has 0 unspecified atom stereocenters. The Morgan fingerprint density at radius 2 is 1.71 bits per heavy atom. The molecule has 31 heavy (non-hydrogen) atoms. The number of para-hydroxylation sites is 1. The first-order valence-corrected chi connectivity index (χ1v) is 11.2. The van der Waals surface area contributed by atoms with E-state index in [2.05, 4.69) is 33.4 Å². The average Bonchev–Trinajstić information content (AvgIpc) is 2.78. The molecule has 6 nitrogen and oxygen atoms in total. The normalized spacial score (nSPS) is 15.2. The van der Waals surface area contributed by atoms with Crippen molar-refractivity contribution in [2.24, 2.45) is 0 Å². The smallest absolute Gasteiger partial charge is 0.146 e. The minimum atomic E-state index is 0.462. The molecule has 4 rings (SSSR count). The van der Waals surface area contributed by atoms with Gasteiger partial charge in [-0.2, -0.15) is 0 Å². The van der Waals surface area contributed by atoms with Gasteiger partial charge in [-0.1, -0.05) is 18.2 Å². The Kier molecular flexibility index (Phi) is 6.77. The van der Waals surface area contributed by atoms with Gasteiger partial charge in [0.05, 0.1) is 30.6 Å². The number of piperidine rings is 1. The lowest BCUT2D eigenvalue weighted by Crippen LogP contribution is -2.38. The molecule has 0 spiro atoms. The van der Waals surface area contributed by atoms with Crippen LogP contribution in [-0.4, -0.2) is 42.2 Å². The molecule has 0 bridgehead atoms. The number of nitrogen functional groups attached to an aromatic ring is 1. The van der Waals surface area contributed by atoms with Gasteiger partial charge in [0.15, 0.2) is 0 Å². The molecule has 0 aliphatic carbocycles. The summed E-state index contributed by atoms with van der Waals surface area (Å²) in [6, 6.07) is 15.0. The van der Waals surface area contributed by atoms with Crippen molar-refractivity contribution in [1.82, 2.24) is 9.88 Å². The number of benzene rings is 2. The number of likely N-dealkylation sites (tertiary alicyclic amines) is 1. The summed E-state index contributed by atoms with van der Waals surface area (Å²) in [5.74, 6) is 1.42. The van der Waals surface area contributed by atoms with Crippen LogP contribution >= 0.6 is 0 Å². The number of rotatable bonds is 8. The summed E-state index contributed by atoms with van der Waals surface area (Å²) >= 11 is 0. The molecule has 3 N–H and O–H groups in total. The van der Waals surface area contributed by atoms with Crippen LogP contribution in [0.5, 0.6) is 11.5 Å². The standard InChI is InChI=1S/C25H32N4O2/c1-3-30-23-13-18(14-24(25(23)26)31-4-2)17-29-11-9-20(10-12-29)28-21-15-19-7-5-6-8-22(19)27-16-21/h5-8,13-16,20,28H,3-4,9-12,17,26H2,1-2H3. The zero-order valence-electron chi connectivity index (χ0n) is 18.4. The SMILES string of the molecule is CCOc1cc(CN2CCC(Nc3cnc4ccccc4c3)CC2)cc(OCC)c1N. The predicted molar refractivity (Wildman–Crippen MR) is 127 cm³/mol. The number of pyridine rings is 1. The summed E-state index contributed by atoms with van der Waals surface area (Å²) in [4.78, 5) is 7.04. The van der Waals surface area contributed by atoms with E-state index < -0.39 is 0 Å². The van der Waals surface area contributed by atoms with Crippen molar-refractivity contribution in [3.8, 4) is 11.5 Å². The fourth-order valence-electron chi connectivity index (χ4n) is 4.18. The van der Waals surface area contributed by atoms with E-state index in [-0.39, 0.29) is 0 Å². The lowest BCUT2D eigenvalue weighted by molar-refractivity contribution is 0.210. The third kappa shape index (κ3) is 5.20. The van der Waals surface area contributed by atoms with Crippen LogP contribution in [0, 0.1) is 0 Å². The first kappa shape index (κ1) is 21.2. The lowest BCUT2D eigenvalue weighted by atomic mass is 10.0. The molecule has 1 fully saturated rings. The molecule has 1 aliphatic rings. The highest BCUT2D eigenvalue weighted by molar-refractivity contribution is 5.81. The van der Waals surface area contributed by atoms with Crippen LogP contribution in [0.1, 0.15) is 32.3 Å². The summed E-state index contributed by atoms with van der Waals surface area (Å²) in [6.07, 6.45) is 4.13. The van der Waals surface area contributed by atoms with Gasteiger partial charge in [-0.05, 0) is 56.5 Å². The zero-order valence-corrected chi connectivity index (χ0v) is 18.4. The number of nitrogens with one attached hydrogen (secondary N) is 1. The maximum Gasteiger partial charge on any atom is 0.146 e. The first-order valence-electron chi connectivity index (χ1n) is 11.2. The van der Waals surface area contributed by atoms with Crippen molar-refractivity contribution in [1.29, 1.82) is 0 Å². The van der Waals surface area contributed by atoms with Gasteiger partial charge in [-0.25, -0.2) is 0 Å². The Morgan fingerprint density at radius 3 is 2.39 bits per heavy atom. The molecule has 0 saturated carbocycles. The number of aromatic nitrogens is 1. The fraction of sp³-hybridized carbons (Fsp3) is 0.400. The summed E-state index contributed by atoms with van der Waals surface area (Å²) in [7, 11) is 0. The highest BCUT2D eigenvalue weighted by Gasteiger charge is 2.20. The largest absolute Gasteiger partial charge is 0.492 e. The second-order valence-electron chi connectivity index (χ2n) is 7.98. The molecule has 0 amide bonds. The minimum Gasteiger partial charge on any atom is -0.492 e. The van der Waals surface area contributed by atoms with Crippen LogP contribution in [0.3, 0.4) is 0 Å². The monoisotopic (exact) mass is 420 g/mol. The van der Waals surface area contributed by atoms with Gasteiger partial charge in [0.2, 0.25) is 0 Å². The summed E-state index contributed by atoms with van der Waals surface area (Å²) in [5.41, 5.74) is 10.1. The number of nitrogens with two attached hydrogens (primary N) is 1. The van der Waals surface area contributed by atoms with Crippen LogP contribution < -0.4 is 20.5 Å². The zero-order chi connectivity index (χ0) is 21.6. The van der Waals surface area contributed by atoms with E-state index in [0.29, 0.717) is 36.4 Å². The average molecular weight is 421 g/mol. The Labute approximate surface area is 184 Å². The quantitative estimate of drug-likeness (QED) is 0.515. The highest BCUT2D eigenvalue weighted by Crippen LogP contribution is 2.34. The van der Waals surface area contributed by atoms with E-state index in [4.69, 9.17) is 15.2 Å². The van der Waals surface area contributed by atoms with Gasteiger partial charge in [-0.15, -0.1) is 0 Å². The molecule has 2 heterocycles.